The van der Waals surface area contributed by atoms with Crippen LogP contribution in [0, 0.1) is 0 Å². The van der Waals surface area contributed by atoms with Crippen molar-refractivity contribution < 1.29 is 28.7 Å². The molecular formula is C54H85N11O6. The van der Waals surface area contributed by atoms with Gasteiger partial charge in [0.1, 0.15) is 11.5 Å². The second-order valence-electron chi connectivity index (χ2n) is 18.4. The Bertz CT molecular complexity index is 2010. The van der Waals surface area contributed by atoms with Crippen molar-refractivity contribution in [2.75, 3.05) is 90.3 Å². The molecule has 0 aliphatic carbocycles. The monoisotopic (exact) mass is 984 g/mol. The van der Waals surface area contributed by atoms with Gasteiger partial charge in [-0.15, -0.1) is 0 Å². The van der Waals surface area contributed by atoms with Crippen molar-refractivity contribution in [3.8, 4) is 11.5 Å². The third kappa shape index (κ3) is 24.8. The third-order valence-corrected chi connectivity index (χ3v) is 12.2. The fraction of sp³-hybridized carbons (Fsp3) is 0.593. The highest BCUT2D eigenvalue weighted by atomic mass is 16.5. The van der Waals surface area contributed by atoms with E-state index in [4.69, 9.17) is 9.47 Å². The smallest absolute Gasteiger partial charge is 0.220 e. The molecule has 71 heavy (non-hydrogen) atoms. The molecule has 2 heterocycles. The molecule has 17 heteroatoms. The SMILES string of the molecule is COc1cc(NC(C)CCCNC(=O)CCC(=O)NCCCNCCCCCCNCCCCNCCCNC(=O)CCC(=O)NCCCC(C)Nc2cc(OC)cc3cccnc23)c2ncccc2c1. The number of hydrogen-bond donors (Lipinski definition) is 9. The van der Waals surface area contributed by atoms with Gasteiger partial charge in [0, 0.05) is 99.2 Å². The molecule has 0 radical (unpaired) electrons. The second kappa shape index (κ2) is 35.3. The Labute approximate surface area is 422 Å². The molecule has 2 unspecified atom stereocenters. The van der Waals surface area contributed by atoms with Gasteiger partial charge in [-0.25, -0.2) is 0 Å². The Morgan fingerprint density at radius 2 is 0.789 bits per heavy atom. The number of hydrogen-bond acceptors (Lipinski definition) is 13. The van der Waals surface area contributed by atoms with Crippen molar-refractivity contribution in [3.05, 3.63) is 60.9 Å². The second-order valence-corrected chi connectivity index (χ2v) is 18.4. The van der Waals surface area contributed by atoms with Crippen LogP contribution < -0.4 is 57.3 Å². The Morgan fingerprint density at radius 1 is 0.451 bits per heavy atom. The number of amides is 4. The number of fused-ring (bicyclic) bond motifs is 2. The van der Waals surface area contributed by atoms with Crippen LogP contribution in [0.15, 0.2) is 60.9 Å². The lowest BCUT2D eigenvalue weighted by Gasteiger charge is -2.17. The number of aromatic nitrogens is 2. The first-order chi connectivity index (χ1) is 34.6. The summed E-state index contributed by atoms with van der Waals surface area (Å²) in [6.07, 6.45) is 16.4. The summed E-state index contributed by atoms with van der Waals surface area (Å²) < 4.78 is 10.9. The zero-order chi connectivity index (χ0) is 50.7. The highest BCUT2D eigenvalue weighted by Gasteiger charge is 2.13. The van der Waals surface area contributed by atoms with Crippen molar-refractivity contribution in [1.29, 1.82) is 0 Å². The van der Waals surface area contributed by atoms with Gasteiger partial charge in [-0.3, -0.25) is 29.1 Å². The number of unbranched alkanes of at least 4 members (excludes halogenated alkanes) is 4. The Morgan fingerprint density at radius 3 is 1.15 bits per heavy atom. The molecule has 0 bridgehead atoms. The van der Waals surface area contributed by atoms with Crippen molar-refractivity contribution in [3.63, 3.8) is 0 Å². The van der Waals surface area contributed by atoms with E-state index < -0.39 is 0 Å². The summed E-state index contributed by atoms with van der Waals surface area (Å²) in [6, 6.07) is 16.1. The molecule has 4 amide bonds. The lowest BCUT2D eigenvalue weighted by Crippen LogP contribution is -2.30. The summed E-state index contributed by atoms with van der Waals surface area (Å²) in [6.45, 7) is 12.3. The summed E-state index contributed by atoms with van der Waals surface area (Å²) in [7, 11) is 3.31. The summed E-state index contributed by atoms with van der Waals surface area (Å²) in [5.41, 5.74) is 3.66. The number of nitrogens with one attached hydrogen (secondary N) is 9. The van der Waals surface area contributed by atoms with Crippen LogP contribution >= 0.6 is 0 Å². The predicted molar refractivity (Wildman–Crippen MR) is 287 cm³/mol. The molecule has 2 atom stereocenters. The Kier molecular flexibility index (Phi) is 28.8. The molecular weight excluding hydrogens is 899 g/mol. The number of anilines is 2. The van der Waals surface area contributed by atoms with E-state index in [1.165, 1.54) is 19.3 Å². The highest BCUT2D eigenvalue weighted by molar-refractivity contribution is 5.93. The van der Waals surface area contributed by atoms with E-state index in [2.05, 4.69) is 71.7 Å². The summed E-state index contributed by atoms with van der Waals surface area (Å²) >= 11 is 0. The normalized spacial score (nSPS) is 12.0. The van der Waals surface area contributed by atoms with E-state index in [0.29, 0.717) is 26.2 Å². The number of carbonyl (C=O) groups is 4. The number of carbonyl (C=O) groups excluding carboxylic acids is 4. The first-order valence-electron chi connectivity index (χ1n) is 26.2. The van der Waals surface area contributed by atoms with Crippen LogP contribution in [0.2, 0.25) is 0 Å². The van der Waals surface area contributed by atoms with Crippen LogP contribution in [-0.4, -0.2) is 125 Å². The minimum Gasteiger partial charge on any atom is -0.497 e. The lowest BCUT2D eigenvalue weighted by molar-refractivity contribution is -0.126. The summed E-state index contributed by atoms with van der Waals surface area (Å²) in [5.74, 6) is 1.17. The molecule has 0 aliphatic heterocycles. The molecule has 0 saturated heterocycles. The van der Waals surface area contributed by atoms with Gasteiger partial charge in [0.2, 0.25) is 23.6 Å². The van der Waals surface area contributed by atoms with Gasteiger partial charge in [-0.1, -0.05) is 25.0 Å². The highest BCUT2D eigenvalue weighted by Crippen LogP contribution is 2.30. The Balaban J connectivity index is 0.825. The van der Waals surface area contributed by atoms with Crippen LogP contribution in [0.1, 0.15) is 117 Å². The van der Waals surface area contributed by atoms with Gasteiger partial charge >= 0.3 is 0 Å². The van der Waals surface area contributed by atoms with Gasteiger partial charge in [-0.2, -0.15) is 0 Å². The molecule has 0 saturated carbocycles. The van der Waals surface area contributed by atoms with Gasteiger partial charge < -0.3 is 57.3 Å². The van der Waals surface area contributed by atoms with Crippen LogP contribution in [0.5, 0.6) is 11.5 Å². The van der Waals surface area contributed by atoms with Crippen molar-refractivity contribution >= 4 is 56.8 Å². The van der Waals surface area contributed by atoms with E-state index in [1.54, 1.807) is 26.6 Å². The molecule has 2 aromatic carbocycles. The van der Waals surface area contributed by atoms with E-state index in [-0.39, 0.29) is 61.4 Å². The first kappa shape index (κ1) is 57.8. The number of methoxy groups -OCH3 is 2. The van der Waals surface area contributed by atoms with Gasteiger partial charge in [0.25, 0.3) is 0 Å². The third-order valence-electron chi connectivity index (χ3n) is 12.2. The standard InChI is InChI=1S/C54H85N11O6/c1-41(64-47-39-45(70-3)37-43-19-13-33-62-53(43)47)17-11-31-58-49(66)21-23-51(68)60-35-15-29-56-26-8-6-5-7-25-55-27-9-10-28-57-30-16-36-61-52(69)24-22-50(67)59-32-12-18-42(2)65-48-40-46(71-4)38-44-20-14-34-63-54(44)48/h13-14,19-20,33-34,37-42,55-57,64-65H,5-12,15-18,21-32,35-36H2,1-4H3,(H,58,66)(H,59,67)(H,60,68)(H,61,69). The minimum absolute atomic E-state index is 0.0879. The predicted octanol–water partition coefficient (Wildman–Crippen LogP) is 6.58. The molecule has 0 aliphatic rings. The van der Waals surface area contributed by atoms with Gasteiger partial charge in [-0.05, 0) is 142 Å². The fourth-order valence-corrected chi connectivity index (χ4v) is 8.15. The number of benzene rings is 2. The number of ether oxygens (including phenoxy) is 2. The maximum Gasteiger partial charge on any atom is 0.220 e. The lowest BCUT2D eigenvalue weighted by atomic mass is 10.1. The minimum atomic E-state index is -0.101. The van der Waals surface area contributed by atoms with Crippen LogP contribution in [0.3, 0.4) is 0 Å². The number of nitrogens with zero attached hydrogens (tertiary/aromatic N) is 2. The molecule has 2 aromatic heterocycles. The van der Waals surface area contributed by atoms with Crippen molar-refractivity contribution in [2.24, 2.45) is 0 Å². The molecule has 9 N–H and O–H groups in total. The maximum absolute atomic E-state index is 12.3. The van der Waals surface area contributed by atoms with Gasteiger partial charge in [0.05, 0.1) is 36.6 Å². The zero-order valence-electron chi connectivity index (χ0n) is 43.2. The van der Waals surface area contributed by atoms with Crippen LogP contribution in [-0.2, 0) is 19.2 Å². The van der Waals surface area contributed by atoms with E-state index in [9.17, 15) is 19.2 Å². The first-order valence-corrected chi connectivity index (χ1v) is 26.2. The fourth-order valence-electron chi connectivity index (χ4n) is 8.15. The van der Waals surface area contributed by atoms with Crippen molar-refractivity contribution in [2.45, 2.75) is 129 Å². The van der Waals surface area contributed by atoms with E-state index in [1.807, 2.05) is 48.5 Å². The number of pyridine rings is 2. The van der Waals surface area contributed by atoms with Crippen molar-refractivity contribution in [1.82, 2.24) is 47.2 Å². The average molecular weight is 984 g/mol. The summed E-state index contributed by atoms with van der Waals surface area (Å²) in [5, 5.41) is 31.3. The zero-order valence-corrected chi connectivity index (χ0v) is 43.2. The van der Waals surface area contributed by atoms with Crippen LogP contribution in [0.25, 0.3) is 21.8 Å². The van der Waals surface area contributed by atoms with E-state index >= 15 is 0 Å². The largest absolute Gasteiger partial charge is 0.497 e. The molecule has 17 nitrogen and oxygen atoms in total. The molecule has 392 valence electrons. The number of rotatable bonds is 40. The average Bonchev–Trinajstić information content (AvgIpc) is 3.37. The van der Waals surface area contributed by atoms with Crippen LogP contribution in [0.4, 0.5) is 11.4 Å². The Hall–Kier alpha value is -5.78. The molecule has 4 aromatic rings. The quantitative estimate of drug-likeness (QED) is 0.0216. The topological polar surface area (TPSA) is 221 Å². The van der Waals surface area contributed by atoms with Gasteiger partial charge in [0.15, 0.2) is 0 Å². The molecule has 0 spiro atoms. The van der Waals surface area contributed by atoms with E-state index in [0.717, 1.165) is 142 Å². The molecule has 4 rings (SSSR count). The maximum atomic E-state index is 12.3. The summed E-state index contributed by atoms with van der Waals surface area (Å²) in [4.78, 5) is 58.1. The molecule has 0 fully saturated rings.